The zero-order chi connectivity index (χ0) is 17.9. The first-order valence-corrected chi connectivity index (χ1v) is 9.39. The molecule has 2 heterocycles. The Bertz CT molecular complexity index is 1040. The van der Waals surface area contributed by atoms with Crippen molar-refractivity contribution >= 4 is 33.1 Å². The monoisotopic (exact) mass is 361 g/mol. The molecule has 0 fully saturated rings. The molecule has 0 saturated heterocycles. The summed E-state index contributed by atoms with van der Waals surface area (Å²) in [6.45, 7) is 2.16. The van der Waals surface area contributed by atoms with Gasteiger partial charge in [0.1, 0.15) is 22.7 Å². The Labute approximate surface area is 156 Å². The lowest BCUT2D eigenvalue weighted by molar-refractivity contribution is 0.415. The van der Waals surface area contributed by atoms with Crippen LogP contribution in [0.25, 0.3) is 21.3 Å². The van der Waals surface area contributed by atoms with E-state index in [0.29, 0.717) is 0 Å². The molecule has 2 aromatic heterocycles. The molecule has 4 aromatic rings. The smallest absolute Gasteiger partial charge is 0.143 e. The van der Waals surface area contributed by atoms with Gasteiger partial charge in [-0.2, -0.15) is 0 Å². The average molecular weight is 361 g/mol. The molecule has 0 spiro atoms. The molecule has 130 valence electrons. The number of nitrogens with one attached hydrogen (secondary N) is 1. The molecule has 2 aromatic carbocycles. The Balaban J connectivity index is 1.78. The Morgan fingerprint density at radius 2 is 1.92 bits per heavy atom. The number of methoxy groups -OCH3 is 1. The third-order valence-electron chi connectivity index (χ3n) is 4.37. The molecule has 0 atom stereocenters. The van der Waals surface area contributed by atoms with Crippen molar-refractivity contribution in [3.63, 3.8) is 0 Å². The van der Waals surface area contributed by atoms with E-state index in [9.17, 15) is 0 Å². The molecular weight excluding hydrogens is 342 g/mol. The minimum absolute atomic E-state index is 0.829. The summed E-state index contributed by atoms with van der Waals surface area (Å²) < 4.78 is 5.26. The predicted octanol–water partition coefficient (Wildman–Crippen LogP) is 5.67. The van der Waals surface area contributed by atoms with Crippen LogP contribution < -0.4 is 10.1 Å². The summed E-state index contributed by atoms with van der Waals surface area (Å²) in [6.07, 6.45) is 2.62. The van der Waals surface area contributed by atoms with Crippen molar-refractivity contribution < 1.29 is 4.74 Å². The Kier molecular flexibility index (Phi) is 4.54. The first-order chi connectivity index (χ1) is 12.8. The van der Waals surface area contributed by atoms with Crippen LogP contribution in [0.3, 0.4) is 0 Å². The highest BCUT2D eigenvalue weighted by Crippen LogP contribution is 2.37. The van der Waals surface area contributed by atoms with Crippen molar-refractivity contribution in [2.45, 2.75) is 13.3 Å². The molecule has 4 nitrogen and oxygen atoms in total. The average Bonchev–Trinajstić information content (AvgIpc) is 3.13. The summed E-state index contributed by atoms with van der Waals surface area (Å²) in [6, 6.07) is 16.5. The fraction of sp³-hybridized carbons (Fsp3) is 0.143. The van der Waals surface area contributed by atoms with E-state index in [2.05, 4.69) is 64.0 Å². The molecule has 1 N–H and O–H groups in total. The fourth-order valence-corrected chi connectivity index (χ4v) is 3.87. The highest BCUT2D eigenvalue weighted by atomic mass is 32.1. The van der Waals surface area contributed by atoms with Gasteiger partial charge in [0.25, 0.3) is 0 Å². The molecule has 0 amide bonds. The van der Waals surface area contributed by atoms with E-state index in [1.807, 2.05) is 12.1 Å². The number of thiophene rings is 1. The quantitative estimate of drug-likeness (QED) is 0.497. The fourth-order valence-electron chi connectivity index (χ4n) is 2.96. The maximum absolute atomic E-state index is 5.26. The zero-order valence-corrected chi connectivity index (χ0v) is 15.5. The standard InChI is InChI=1S/C21H19N3OS/c1-3-14-5-4-6-16(11-14)24-20-19-18(12-26-21(19)23-13-22-20)15-7-9-17(25-2)10-8-15/h4-13H,3H2,1-2H3,(H,22,23,24). The molecule has 0 aliphatic heterocycles. The second-order valence-corrected chi connectivity index (χ2v) is 6.82. The van der Waals surface area contributed by atoms with E-state index in [-0.39, 0.29) is 0 Å². The van der Waals surface area contributed by atoms with E-state index >= 15 is 0 Å². The maximum atomic E-state index is 5.26. The molecule has 0 unspecified atom stereocenters. The number of benzene rings is 2. The molecule has 0 radical (unpaired) electrons. The number of nitrogens with zero attached hydrogens (tertiary/aromatic N) is 2. The maximum Gasteiger partial charge on any atom is 0.143 e. The summed E-state index contributed by atoms with van der Waals surface area (Å²) in [7, 11) is 1.68. The first kappa shape index (κ1) is 16.5. The van der Waals surface area contributed by atoms with E-state index in [1.54, 1.807) is 24.8 Å². The molecule has 0 aliphatic carbocycles. The van der Waals surface area contributed by atoms with Crippen LogP contribution >= 0.6 is 11.3 Å². The minimum atomic E-state index is 0.829. The van der Waals surface area contributed by atoms with E-state index in [1.165, 1.54) is 5.56 Å². The summed E-state index contributed by atoms with van der Waals surface area (Å²) in [5, 5.41) is 6.65. The van der Waals surface area contributed by atoms with Crippen LogP contribution in [0.15, 0.2) is 60.2 Å². The normalized spacial score (nSPS) is 10.8. The van der Waals surface area contributed by atoms with E-state index < -0.39 is 0 Å². The predicted molar refractivity (Wildman–Crippen MR) is 109 cm³/mol. The summed E-state index contributed by atoms with van der Waals surface area (Å²) >= 11 is 1.63. The topological polar surface area (TPSA) is 47.0 Å². The largest absolute Gasteiger partial charge is 0.497 e. The van der Waals surface area contributed by atoms with Crippen LogP contribution in [0.5, 0.6) is 5.75 Å². The van der Waals surface area contributed by atoms with Gasteiger partial charge in [-0.25, -0.2) is 9.97 Å². The highest BCUT2D eigenvalue weighted by molar-refractivity contribution is 7.17. The number of aromatic nitrogens is 2. The van der Waals surface area contributed by atoms with Crippen molar-refractivity contribution in [2.24, 2.45) is 0 Å². The van der Waals surface area contributed by atoms with Crippen LogP contribution in [0.1, 0.15) is 12.5 Å². The minimum Gasteiger partial charge on any atom is -0.497 e. The summed E-state index contributed by atoms with van der Waals surface area (Å²) in [4.78, 5) is 9.92. The Hall–Kier alpha value is -2.92. The van der Waals surface area contributed by atoms with Gasteiger partial charge in [0, 0.05) is 16.6 Å². The molecule has 0 aliphatic rings. The third kappa shape index (κ3) is 3.13. The number of hydrogen-bond acceptors (Lipinski definition) is 5. The van der Waals surface area contributed by atoms with Crippen molar-refractivity contribution in [1.29, 1.82) is 0 Å². The molecule has 5 heteroatoms. The Morgan fingerprint density at radius 3 is 2.69 bits per heavy atom. The lowest BCUT2D eigenvalue weighted by Crippen LogP contribution is -1.96. The second-order valence-electron chi connectivity index (χ2n) is 5.96. The van der Waals surface area contributed by atoms with E-state index in [0.717, 1.165) is 45.0 Å². The van der Waals surface area contributed by atoms with Crippen LogP contribution in [-0.2, 0) is 6.42 Å². The number of aryl methyl sites for hydroxylation is 1. The molecule has 0 saturated carbocycles. The van der Waals surface area contributed by atoms with Crippen molar-refractivity contribution in [3.05, 3.63) is 65.8 Å². The van der Waals surface area contributed by atoms with Crippen LogP contribution in [0.2, 0.25) is 0 Å². The van der Waals surface area contributed by atoms with Gasteiger partial charge in [0.2, 0.25) is 0 Å². The van der Waals surface area contributed by atoms with Gasteiger partial charge in [0.05, 0.1) is 12.5 Å². The van der Waals surface area contributed by atoms with Gasteiger partial charge in [-0.1, -0.05) is 31.2 Å². The number of anilines is 2. The molecule has 4 rings (SSSR count). The molecule has 0 bridgehead atoms. The SMILES string of the molecule is CCc1cccc(Nc2ncnc3scc(-c4ccc(OC)cc4)c23)c1. The molecular formula is C21H19N3OS. The Morgan fingerprint density at radius 1 is 1.08 bits per heavy atom. The van der Waals surface area contributed by atoms with Crippen LogP contribution in [0, 0.1) is 0 Å². The van der Waals surface area contributed by atoms with Crippen molar-refractivity contribution in [2.75, 3.05) is 12.4 Å². The van der Waals surface area contributed by atoms with Gasteiger partial charge in [0.15, 0.2) is 0 Å². The van der Waals surface area contributed by atoms with Crippen LogP contribution in [0.4, 0.5) is 11.5 Å². The summed E-state index contributed by atoms with van der Waals surface area (Å²) in [5.41, 5.74) is 4.58. The number of rotatable bonds is 5. The third-order valence-corrected chi connectivity index (χ3v) is 5.26. The highest BCUT2D eigenvalue weighted by Gasteiger charge is 2.13. The van der Waals surface area contributed by atoms with Gasteiger partial charge < -0.3 is 10.1 Å². The lowest BCUT2D eigenvalue weighted by Gasteiger charge is -2.10. The number of ether oxygens (including phenoxy) is 1. The summed E-state index contributed by atoms with van der Waals surface area (Å²) in [5.74, 6) is 1.68. The van der Waals surface area contributed by atoms with Crippen molar-refractivity contribution in [1.82, 2.24) is 9.97 Å². The van der Waals surface area contributed by atoms with Gasteiger partial charge in [-0.05, 0) is 41.8 Å². The first-order valence-electron chi connectivity index (χ1n) is 8.51. The van der Waals surface area contributed by atoms with Gasteiger partial charge in [-0.15, -0.1) is 11.3 Å². The lowest BCUT2D eigenvalue weighted by atomic mass is 10.1. The number of hydrogen-bond donors (Lipinski definition) is 1. The van der Waals surface area contributed by atoms with Gasteiger partial charge >= 0.3 is 0 Å². The number of fused-ring (bicyclic) bond motifs is 1. The van der Waals surface area contributed by atoms with Crippen LogP contribution in [-0.4, -0.2) is 17.1 Å². The van der Waals surface area contributed by atoms with Gasteiger partial charge in [-0.3, -0.25) is 0 Å². The second kappa shape index (κ2) is 7.14. The zero-order valence-electron chi connectivity index (χ0n) is 14.7. The van der Waals surface area contributed by atoms with Crippen molar-refractivity contribution in [3.8, 4) is 16.9 Å². The molecule has 26 heavy (non-hydrogen) atoms. The van der Waals surface area contributed by atoms with E-state index in [4.69, 9.17) is 4.74 Å².